The molecule has 0 N–H and O–H groups in total. The van der Waals surface area contributed by atoms with Crippen LogP contribution in [0, 0.1) is 6.92 Å². The van der Waals surface area contributed by atoms with Crippen LogP contribution < -0.4 is 0 Å². The predicted molar refractivity (Wildman–Crippen MR) is 105 cm³/mol. The van der Waals surface area contributed by atoms with Crippen LogP contribution in [-0.2, 0) is 17.8 Å². The highest BCUT2D eigenvalue weighted by molar-refractivity contribution is 6.03. The summed E-state index contributed by atoms with van der Waals surface area (Å²) in [4.78, 5) is 21.3. The smallest absolute Gasteiger partial charge is 0.339 e. The summed E-state index contributed by atoms with van der Waals surface area (Å²) in [7, 11) is 0. The third-order valence-corrected chi connectivity index (χ3v) is 4.48. The van der Waals surface area contributed by atoms with E-state index in [1.54, 1.807) is 6.07 Å². The molecule has 0 aliphatic carbocycles. The fraction of sp³-hybridized carbons (Fsp3) is 0.182. The number of ether oxygens (including phenoxy) is 1. The first-order valence-electron chi connectivity index (χ1n) is 9.09. The van der Waals surface area contributed by atoms with Crippen molar-refractivity contribution in [2.75, 3.05) is 0 Å². The Balaban J connectivity index is 1.49. The fourth-order valence-electron chi connectivity index (χ4n) is 3.00. The van der Waals surface area contributed by atoms with E-state index in [0.29, 0.717) is 11.4 Å². The van der Waals surface area contributed by atoms with E-state index in [-0.39, 0.29) is 12.5 Å². The molecule has 0 saturated heterocycles. The van der Waals surface area contributed by atoms with Crippen LogP contribution in [0.2, 0.25) is 0 Å². The summed E-state index contributed by atoms with van der Waals surface area (Å²) < 4.78 is 10.6. The van der Waals surface area contributed by atoms with E-state index in [2.05, 4.69) is 22.0 Å². The first-order valence-corrected chi connectivity index (χ1v) is 9.09. The quantitative estimate of drug-likeness (QED) is 0.479. The molecule has 4 aromatic rings. The van der Waals surface area contributed by atoms with Gasteiger partial charge in [-0.05, 0) is 31.0 Å². The Hall–Kier alpha value is -3.54. The van der Waals surface area contributed by atoms with Gasteiger partial charge in [-0.15, -0.1) is 0 Å². The molecule has 0 aliphatic rings. The van der Waals surface area contributed by atoms with E-state index in [1.165, 1.54) is 5.56 Å². The van der Waals surface area contributed by atoms with Gasteiger partial charge in [-0.1, -0.05) is 54.5 Å². The van der Waals surface area contributed by atoms with E-state index in [0.717, 1.165) is 28.6 Å². The number of nitrogens with zero attached hydrogens (tertiary/aromatic N) is 3. The molecule has 0 unspecified atom stereocenters. The van der Waals surface area contributed by atoms with Gasteiger partial charge >= 0.3 is 5.97 Å². The zero-order chi connectivity index (χ0) is 19.5. The van der Waals surface area contributed by atoms with Crippen LogP contribution in [0.1, 0.15) is 34.4 Å². The molecule has 4 rings (SSSR count). The minimum Gasteiger partial charge on any atom is -0.452 e. The van der Waals surface area contributed by atoms with Crippen molar-refractivity contribution in [2.24, 2.45) is 0 Å². The van der Waals surface area contributed by atoms with E-state index in [4.69, 9.17) is 9.26 Å². The van der Waals surface area contributed by atoms with E-state index in [9.17, 15) is 4.79 Å². The van der Waals surface area contributed by atoms with E-state index < -0.39 is 5.97 Å². The summed E-state index contributed by atoms with van der Waals surface area (Å²) in [5.74, 6) is 0.269. The number of fused-ring (bicyclic) bond motifs is 1. The van der Waals surface area contributed by atoms with Crippen molar-refractivity contribution >= 4 is 16.9 Å². The maximum Gasteiger partial charge on any atom is 0.339 e. The van der Waals surface area contributed by atoms with Crippen LogP contribution in [0.15, 0.2) is 59.1 Å². The highest BCUT2D eigenvalue weighted by atomic mass is 16.6. The summed E-state index contributed by atoms with van der Waals surface area (Å²) in [6.45, 7) is 3.86. The molecule has 0 amide bonds. The van der Waals surface area contributed by atoms with Crippen molar-refractivity contribution < 1.29 is 14.1 Å². The number of esters is 1. The second-order valence-electron chi connectivity index (χ2n) is 6.47. The molecule has 0 radical (unpaired) electrons. The average molecular weight is 373 g/mol. The second kappa shape index (κ2) is 7.60. The largest absolute Gasteiger partial charge is 0.452 e. The fourth-order valence-corrected chi connectivity index (χ4v) is 3.00. The summed E-state index contributed by atoms with van der Waals surface area (Å²) in [5.41, 5.74) is 4.07. The molecule has 6 nitrogen and oxygen atoms in total. The van der Waals surface area contributed by atoms with Gasteiger partial charge in [0.2, 0.25) is 5.82 Å². The second-order valence-corrected chi connectivity index (χ2v) is 6.47. The summed E-state index contributed by atoms with van der Waals surface area (Å²) in [6.07, 6.45) is 0.969. The lowest BCUT2D eigenvalue weighted by Crippen LogP contribution is -2.07. The third-order valence-electron chi connectivity index (χ3n) is 4.48. The van der Waals surface area contributed by atoms with Crippen LogP contribution in [0.25, 0.3) is 22.3 Å². The van der Waals surface area contributed by atoms with Gasteiger partial charge in [0.1, 0.15) is 0 Å². The first kappa shape index (κ1) is 17.9. The van der Waals surface area contributed by atoms with Crippen LogP contribution >= 0.6 is 0 Å². The monoisotopic (exact) mass is 373 g/mol. The average Bonchev–Trinajstić information content (AvgIpc) is 3.20. The zero-order valence-electron chi connectivity index (χ0n) is 15.7. The van der Waals surface area contributed by atoms with Crippen molar-refractivity contribution in [3.63, 3.8) is 0 Å². The molecule has 0 spiro atoms. The summed E-state index contributed by atoms with van der Waals surface area (Å²) >= 11 is 0. The lowest BCUT2D eigenvalue weighted by atomic mass is 10.1. The Bertz CT molecular complexity index is 1130. The van der Waals surface area contributed by atoms with Crippen LogP contribution in [0.3, 0.4) is 0 Å². The molecule has 140 valence electrons. The van der Waals surface area contributed by atoms with Gasteiger partial charge in [0, 0.05) is 16.6 Å². The minimum absolute atomic E-state index is 0.0887. The van der Waals surface area contributed by atoms with Gasteiger partial charge in [-0.3, -0.25) is 4.98 Å². The molecule has 28 heavy (non-hydrogen) atoms. The maximum atomic E-state index is 12.6. The number of aryl methyl sites for hydroxylation is 2. The Labute approximate surface area is 162 Å². The van der Waals surface area contributed by atoms with Crippen LogP contribution in [0.4, 0.5) is 0 Å². The highest BCUT2D eigenvalue weighted by Gasteiger charge is 2.16. The van der Waals surface area contributed by atoms with Gasteiger partial charge in [0.25, 0.3) is 5.89 Å². The molecule has 2 aromatic carbocycles. The van der Waals surface area contributed by atoms with Crippen molar-refractivity contribution in [3.05, 3.63) is 77.3 Å². The molecular formula is C22H19N3O3. The molecule has 0 aliphatic heterocycles. The summed E-state index contributed by atoms with van der Waals surface area (Å²) in [5, 5.41) is 4.72. The molecule has 0 bridgehead atoms. The number of hydrogen-bond donors (Lipinski definition) is 0. The number of para-hydroxylation sites is 1. The zero-order valence-corrected chi connectivity index (χ0v) is 15.7. The van der Waals surface area contributed by atoms with Crippen molar-refractivity contribution in [3.8, 4) is 11.4 Å². The van der Waals surface area contributed by atoms with Gasteiger partial charge in [-0.25, -0.2) is 4.79 Å². The van der Waals surface area contributed by atoms with Gasteiger partial charge < -0.3 is 9.26 Å². The van der Waals surface area contributed by atoms with Crippen LogP contribution in [-0.4, -0.2) is 21.1 Å². The maximum absolute atomic E-state index is 12.6. The predicted octanol–water partition coefficient (Wildman–Crippen LogP) is 4.51. The molecule has 0 fully saturated rings. The number of pyridine rings is 1. The van der Waals surface area contributed by atoms with E-state index >= 15 is 0 Å². The molecule has 0 atom stereocenters. The normalized spacial score (nSPS) is 10.9. The number of aromatic nitrogens is 3. The molecule has 6 heteroatoms. The topological polar surface area (TPSA) is 78.1 Å². The first-order chi connectivity index (χ1) is 13.6. The highest BCUT2D eigenvalue weighted by Crippen LogP contribution is 2.20. The Kier molecular flexibility index (Phi) is 4.85. The number of carbonyl (C=O) groups excluding carboxylic acids is 1. The molecule has 0 saturated carbocycles. The number of carbonyl (C=O) groups is 1. The van der Waals surface area contributed by atoms with E-state index in [1.807, 2.05) is 55.5 Å². The van der Waals surface area contributed by atoms with Gasteiger partial charge in [0.05, 0.1) is 11.1 Å². The molecular weight excluding hydrogens is 354 g/mol. The van der Waals surface area contributed by atoms with Gasteiger partial charge in [0.15, 0.2) is 6.61 Å². The van der Waals surface area contributed by atoms with Gasteiger partial charge in [-0.2, -0.15) is 4.98 Å². The minimum atomic E-state index is -0.450. The van der Waals surface area contributed by atoms with Crippen molar-refractivity contribution in [1.82, 2.24) is 15.1 Å². The Morgan fingerprint density at radius 3 is 2.64 bits per heavy atom. The lowest BCUT2D eigenvalue weighted by molar-refractivity contribution is 0.0432. The molecule has 2 aromatic heterocycles. The number of benzene rings is 2. The Morgan fingerprint density at radius 1 is 1.07 bits per heavy atom. The SMILES string of the molecule is CCc1ccc(-c2noc(COC(=O)c3cc(C)nc4ccccc34)n2)cc1. The third kappa shape index (κ3) is 3.62. The number of hydrogen-bond acceptors (Lipinski definition) is 6. The van der Waals surface area contributed by atoms with Crippen molar-refractivity contribution in [1.29, 1.82) is 0 Å². The summed E-state index contributed by atoms with van der Waals surface area (Å²) in [6, 6.07) is 17.2. The van der Waals surface area contributed by atoms with Crippen molar-refractivity contribution in [2.45, 2.75) is 26.9 Å². The number of rotatable bonds is 5. The van der Waals surface area contributed by atoms with Crippen LogP contribution in [0.5, 0.6) is 0 Å². The standard InChI is InChI=1S/C22H19N3O3/c1-3-15-8-10-16(11-9-15)21-24-20(28-25-21)13-27-22(26)18-12-14(2)23-19-7-5-4-6-17(18)19/h4-12H,3,13H2,1-2H3. The molecule has 2 heterocycles. The lowest BCUT2D eigenvalue weighted by Gasteiger charge is -2.07. The Morgan fingerprint density at radius 2 is 1.86 bits per heavy atom.